The van der Waals surface area contributed by atoms with Crippen molar-refractivity contribution < 1.29 is 0 Å². The molecule has 5 aromatic rings. The van der Waals surface area contributed by atoms with Gasteiger partial charge in [0.05, 0.1) is 22.6 Å². The summed E-state index contributed by atoms with van der Waals surface area (Å²) in [5.74, 6) is 1.61. The molecule has 2 aromatic heterocycles. The molecule has 0 bridgehead atoms. The second-order valence-corrected chi connectivity index (χ2v) is 13.2. The molecule has 4 aliphatic rings. The number of aromatic nitrogens is 3. The van der Waals surface area contributed by atoms with Crippen LogP contribution in [0.2, 0.25) is 0 Å². The van der Waals surface area contributed by atoms with Gasteiger partial charge < -0.3 is 0 Å². The van der Waals surface area contributed by atoms with E-state index in [0.29, 0.717) is 11.8 Å². The molecule has 9 rings (SSSR count). The summed E-state index contributed by atoms with van der Waals surface area (Å²) in [5, 5.41) is 1.29. The van der Waals surface area contributed by atoms with E-state index in [1.807, 2.05) is 11.8 Å². The van der Waals surface area contributed by atoms with Crippen LogP contribution in [0.25, 0.3) is 39.8 Å². The van der Waals surface area contributed by atoms with Crippen molar-refractivity contribution in [1.82, 2.24) is 14.5 Å². The van der Waals surface area contributed by atoms with Gasteiger partial charge in [-0.1, -0.05) is 121 Å². The van der Waals surface area contributed by atoms with Crippen molar-refractivity contribution in [3.8, 4) is 17.2 Å². The van der Waals surface area contributed by atoms with Crippen molar-refractivity contribution in [1.29, 1.82) is 0 Å². The maximum absolute atomic E-state index is 5.24. The second-order valence-electron chi connectivity index (χ2n) is 12.1. The van der Waals surface area contributed by atoms with Crippen LogP contribution >= 0.6 is 11.8 Å². The van der Waals surface area contributed by atoms with Crippen molar-refractivity contribution >= 4 is 34.3 Å². The van der Waals surface area contributed by atoms with Crippen molar-refractivity contribution in [2.24, 2.45) is 5.92 Å². The minimum Gasteiger partial charge on any atom is -0.278 e. The van der Waals surface area contributed by atoms with Crippen molar-refractivity contribution in [3.63, 3.8) is 0 Å². The van der Waals surface area contributed by atoms with Gasteiger partial charge in [-0.3, -0.25) is 4.57 Å². The molecule has 3 aliphatic carbocycles. The van der Waals surface area contributed by atoms with Gasteiger partial charge >= 0.3 is 0 Å². The number of allylic oxidation sites excluding steroid dienone is 9. The van der Waals surface area contributed by atoms with E-state index in [4.69, 9.17) is 9.97 Å². The molecular weight excluding hydrogens is 555 g/mol. The van der Waals surface area contributed by atoms with Gasteiger partial charge in [0.25, 0.3) is 0 Å². The second kappa shape index (κ2) is 10.5. The molecule has 0 spiro atoms. The normalized spacial score (nSPS) is 20.0. The van der Waals surface area contributed by atoms with Gasteiger partial charge in [-0.15, -0.1) is 0 Å². The van der Waals surface area contributed by atoms with Gasteiger partial charge in [0, 0.05) is 27.7 Å². The van der Waals surface area contributed by atoms with Crippen LogP contribution in [0.3, 0.4) is 0 Å². The highest BCUT2D eigenvalue weighted by Crippen LogP contribution is 2.53. The molecular formula is C40H31N3S. The Morgan fingerprint density at radius 2 is 1.64 bits per heavy atom. The van der Waals surface area contributed by atoms with Crippen LogP contribution in [-0.2, 0) is 6.42 Å². The molecule has 3 nitrogen and oxygen atoms in total. The number of para-hydroxylation sites is 1. The number of thioether (sulfide) groups is 1. The Hall–Kier alpha value is -4.67. The van der Waals surface area contributed by atoms with Gasteiger partial charge in [0.15, 0.2) is 0 Å². The number of hydrogen-bond acceptors (Lipinski definition) is 3. The number of rotatable bonds is 4. The van der Waals surface area contributed by atoms with Gasteiger partial charge in [0.2, 0.25) is 5.95 Å². The topological polar surface area (TPSA) is 30.7 Å². The summed E-state index contributed by atoms with van der Waals surface area (Å²) in [6, 6.07) is 30.4. The minimum absolute atomic E-state index is 0.378. The maximum Gasteiger partial charge on any atom is 0.235 e. The molecule has 0 saturated heterocycles. The fraction of sp³-hybridized carbons (Fsp3) is 0.150. The Balaban J connectivity index is 1.15. The predicted octanol–water partition coefficient (Wildman–Crippen LogP) is 10.1. The standard InChI is InChI=1S/C40H31N3S/c1-3-11-26(12-4-1)34-25-35(27-13-5-2-6-14-27)42-40(41-34)43-36-17-9-7-15-30(36)32-23-28(19-21-37(32)43)29-20-22-39-33(24-29)31-16-8-10-18-38(31)44-39/h1-5,7-13,15-22,25,28,33H,6,14,23-24H2. The summed E-state index contributed by atoms with van der Waals surface area (Å²) >= 11 is 1.94. The third kappa shape index (κ3) is 4.28. The molecule has 2 atom stereocenters. The third-order valence-corrected chi connectivity index (χ3v) is 10.7. The van der Waals surface area contributed by atoms with E-state index < -0.39 is 0 Å². The Morgan fingerprint density at radius 1 is 0.795 bits per heavy atom. The summed E-state index contributed by atoms with van der Waals surface area (Å²) in [7, 11) is 0. The summed E-state index contributed by atoms with van der Waals surface area (Å²) < 4.78 is 2.30. The first-order valence-electron chi connectivity index (χ1n) is 15.6. The molecule has 4 heteroatoms. The zero-order chi connectivity index (χ0) is 29.0. The van der Waals surface area contributed by atoms with Gasteiger partial charge in [-0.2, -0.15) is 0 Å². The van der Waals surface area contributed by atoms with Crippen LogP contribution in [0.15, 0.2) is 137 Å². The molecule has 0 amide bonds. The smallest absolute Gasteiger partial charge is 0.235 e. The van der Waals surface area contributed by atoms with Crippen LogP contribution < -0.4 is 0 Å². The lowest BCUT2D eigenvalue weighted by Gasteiger charge is -2.26. The van der Waals surface area contributed by atoms with E-state index >= 15 is 0 Å². The zero-order valence-electron chi connectivity index (χ0n) is 24.4. The van der Waals surface area contributed by atoms with Gasteiger partial charge in [0.1, 0.15) is 0 Å². The summed E-state index contributed by atoms with van der Waals surface area (Å²) in [5.41, 5.74) is 11.1. The molecule has 2 unspecified atom stereocenters. The highest BCUT2D eigenvalue weighted by atomic mass is 32.2. The number of hydrogen-bond donors (Lipinski definition) is 0. The highest BCUT2D eigenvalue weighted by Gasteiger charge is 2.33. The van der Waals surface area contributed by atoms with E-state index in [2.05, 4.69) is 132 Å². The lowest BCUT2D eigenvalue weighted by molar-refractivity contribution is 0.662. The SMILES string of the molecule is C1=CCCC(c2cc(-c3ccccc3)nc(-n3c4c(c5ccccc53)CC(C3=CC=C5Sc6ccccc6C5C3)C=C4)n2)=C1. The van der Waals surface area contributed by atoms with E-state index in [1.165, 1.54) is 43.2 Å². The van der Waals surface area contributed by atoms with E-state index in [9.17, 15) is 0 Å². The Kier molecular flexibility index (Phi) is 6.15. The zero-order valence-corrected chi connectivity index (χ0v) is 25.2. The average Bonchev–Trinajstić information content (AvgIpc) is 3.64. The Labute approximate surface area is 262 Å². The molecule has 212 valence electrons. The lowest BCUT2D eigenvalue weighted by Crippen LogP contribution is -2.15. The third-order valence-electron chi connectivity index (χ3n) is 9.50. The largest absolute Gasteiger partial charge is 0.278 e. The number of benzene rings is 3. The monoisotopic (exact) mass is 585 g/mol. The van der Waals surface area contributed by atoms with Crippen LogP contribution in [-0.4, -0.2) is 14.5 Å². The molecule has 3 aromatic carbocycles. The first-order valence-corrected chi connectivity index (χ1v) is 16.4. The molecule has 0 N–H and O–H groups in total. The summed E-state index contributed by atoms with van der Waals surface area (Å²) in [6.45, 7) is 0. The quantitative estimate of drug-likeness (QED) is 0.210. The van der Waals surface area contributed by atoms with Crippen molar-refractivity contribution in [3.05, 3.63) is 154 Å². The van der Waals surface area contributed by atoms with Crippen LogP contribution in [0.4, 0.5) is 0 Å². The van der Waals surface area contributed by atoms with Crippen LogP contribution in [0, 0.1) is 5.92 Å². The lowest BCUT2D eigenvalue weighted by atomic mass is 9.79. The Bertz CT molecular complexity index is 2110. The fourth-order valence-corrected chi connectivity index (χ4v) is 8.51. The van der Waals surface area contributed by atoms with Crippen molar-refractivity contribution in [2.45, 2.75) is 36.5 Å². The van der Waals surface area contributed by atoms with Gasteiger partial charge in [-0.25, -0.2) is 9.97 Å². The first kappa shape index (κ1) is 25.8. The molecule has 0 saturated carbocycles. The summed E-state index contributed by atoms with van der Waals surface area (Å²) in [6.07, 6.45) is 20.2. The average molecular weight is 586 g/mol. The van der Waals surface area contributed by atoms with E-state index in [-0.39, 0.29) is 0 Å². The van der Waals surface area contributed by atoms with Crippen molar-refractivity contribution in [2.75, 3.05) is 0 Å². The number of nitrogens with zero attached hydrogens (tertiary/aromatic N) is 3. The molecule has 0 fully saturated rings. The Morgan fingerprint density at radius 3 is 2.55 bits per heavy atom. The minimum atomic E-state index is 0.378. The van der Waals surface area contributed by atoms with Gasteiger partial charge in [-0.05, 0) is 71.6 Å². The van der Waals surface area contributed by atoms with E-state index in [0.717, 1.165) is 54.1 Å². The molecule has 44 heavy (non-hydrogen) atoms. The predicted molar refractivity (Wildman–Crippen MR) is 183 cm³/mol. The molecule has 1 aliphatic heterocycles. The number of fused-ring (bicyclic) bond motifs is 6. The molecule has 0 radical (unpaired) electrons. The summed E-state index contributed by atoms with van der Waals surface area (Å²) in [4.78, 5) is 13.4. The highest BCUT2D eigenvalue weighted by molar-refractivity contribution is 8.03. The van der Waals surface area contributed by atoms with Crippen LogP contribution in [0.5, 0.6) is 0 Å². The van der Waals surface area contributed by atoms with Crippen LogP contribution in [0.1, 0.15) is 47.7 Å². The maximum atomic E-state index is 5.24. The first-order chi connectivity index (χ1) is 21.8. The molecule has 3 heterocycles. The fourth-order valence-electron chi connectivity index (χ4n) is 7.29. The van der Waals surface area contributed by atoms with E-state index in [1.54, 1.807) is 0 Å².